The van der Waals surface area contributed by atoms with Gasteiger partial charge in [0.2, 0.25) is 0 Å². The summed E-state index contributed by atoms with van der Waals surface area (Å²) >= 11 is 1.57. The molecule has 0 radical (unpaired) electrons. The van der Waals surface area contributed by atoms with Crippen LogP contribution in [-0.4, -0.2) is 38.3 Å². The van der Waals surface area contributed by atoms with Crippen molar-refractivity contribution in [2.45, 2.75) is 13.3 Å². The van der Waals surface area contributed by atoms with E-state index in [9.17, 15) is 8.42 Å². The molecule has 0 saturated carbocycles. The summed E-state index contributed by atoms with van der Waals surface area (Å²) in [6.07, 6.45) is 0.579. The molecule has 1 aromatic carbocycles. The number of benzene rings is 1. The first-order chi connectivity index (χ1) is 9.88. The van der Waals surface area contributed by atoms with Gasteiger partial charge in [-0.05, 0) is 6.92 Å². The van der Waals surface area contributed by atoms with Crippen molar-refractivity contribution in [3.63, 3.8) is 0 Å². The lowest BCUT2D eigenvalue weighted by Crippen LogP contribution is -2.36. The molecule has 1 heterocycles. The first kappa shape index (κ1) is 16.1. The van der Waals surface area contributed by atoms with Crippen LogP contribution in [0.5, 0.6) is 0 Å². The minimum atomic E-state index is -3.36. The molecule has 0 unspecified atom stereocenters. The number of aryl methyl sites for hydroxylation is 1. The summed E-state index contributed by atoms with van der Waals surface area (Å²) in [6, 6.07) is 8.21. The summed E-state index contributed by atoms with van der Waals surface area (Å²) < 4.78 is 26.8. The number of thiazole rings is 1. The Morgan fingerprint density at radius 2 is 1.90 bits per heavy atom. The van der Waals surface area contributed by atoms with Gasteiger partial charge in [0.1, 0.15) is 5.01 Å². The molecule has 0 aliphatic heterocycles. The quantitative estimate of drug-likeness (QED) is 0.884. The second-order valence-electron chi connectivity index (χ2n) is 4.94. The number of aromatic nitrogens is 1. The highest BCUT2D eigenvalue weighted by atomic mass is 32.2. The van der Waals surface area contributed by atoms with Crippen LogP contribution in [0.2, 0.25) is 0 Å². The fraction of sp³-hybridized carbons (Fsp3) is 0.357. The first-order valence-electron chi connectivity index (χ1n) is 6.57. The second kappa shape index (κ2) is 6.65. The Balaban J connectivity index is 1.96. The Kier molecular flexibility index (Phi) is 5.10. The Bertz CT molecular complexity index is 691. The lowest BCUT2D eigenvalue weighted by atomic mass is 10.2. The van der Waals surface area contributed by atoms with Gasteiger partial charge >= 0.3 is 0 Å². The lowest BCUT2D eigenvalue weighted by Gasteiger charge is -2.11. The molecule has 0 aliphatic rings. The van der Waals surface area contributed by atoms with Gasteiger partial charge in [0.15, 0.2) is 0 Å². The zero-order chi connectivity index (χ0) is 15.5. The topological polar surface area (TPSA) is 62.3 Å². The third-order valence-corrected chi connectivity index (χ3v) is 5.47. The van der Waals surface area contributed by atoms with Crippen LogP contribution in [0.4, 0.5) is 0 Å². The normalized spacial score (nSPS) is 12.0. The van der Waals surface area contributed by atoms with Crippen LogP contribution < -0.4 is 4.72 Å². The average molecular weight is 325 g/mol. The van der Waals surface area contributed by atoms with Gasteiger partial charge in [0.05, 0.1) is 5.69 Å². The number of nitrogens with zero attached hydrogens (tertiary/aromatic N) is 2. The molecule has 0 fully saturated rings. The summed E-state index contributed by atoms with van der Waals surface area (Å²) in [6.45, 7) is 2.39. The largest absolute Gasteiger partial charge is 0.278 e. The summed E-state index contributed by atoms with van der Waals surface area (Å²) in [4.78, 5) is 4.54. The molecule has 1 N–H and O–H groups in total. The van der Waals surface area contributed by atoms with Gasteiger partial charge in [-0.1, -0.05) is 29.8 Å². The highest BCUT2D eigenvalue weighted by Gasteiger charge is 2.12. The average Bonchev–Trinajstić information content (AvgIpc) is 2.88. The van der Waals surface area contributed by atoms with Crippen LogP contribution in [-0.2, 0) is 16.6 Å². The van der Waals surface area contributed by atoms with Gasteiger partial charge in [-0.2, -0.15) is 12.7 Å². The SMILES string of the molecule is Cc1ccc(-c2nc(CCNS(=O)(=O)N(C)C)cs2)cc1. The Morgan fingerprint density at radius 3 is 2.52 bits per heavy atom. The van der Waals surface area contributed by atoms with Crippen LogP contribution in [0.15, 0.2) is 29.6 Å². The van der Waals surface area contributed by atoms with Crippen LogP contribution in [0.1, 0.15) is 11.3 Å². The molecule has 5 nitrogen and oxygen atoms in total. The minimum Gasteiger partial charge on any atom is -0.241 e. The van der Waals surface area contributed by atoms with Crippen molar-refractivity contribution in [1.82, 2.24) is 14.0 Å². The Hall–Kier alpha value is -1.28. The molecule has 0 aliphatic carbocycles. The summed E-state index contributed by atoms with van der Waals surface area (Å²) in [5, 5.41) is 2.93. The van der Waals surface area contributed by atoms with Crippen molar-refractivity contribution < 1.29 is 8.42 Å². The molecule has 2 rings (SSSR count). The van der Waals surface area contributed by atoms with Crippen molar-refractivity contribution >= 4 is 21.5 Å². The number of nitrogens with one attached hydrogen (secondary N) is 1. The van der Waals surface area contributed by atoms with E-state index in [-0.39, 0.29) is 0 Å². The molecule has 2 aromatic rings. The van der Waals surface area contributed by atoms with E-state index >= 15 is 0 Å². The number of rotatable bonds is 6. The van der Waals surface area contributed by atoms with Crippen LogP contribution in [0, 0.1) is 6.92 Å². The van der Waals surface area contributed by atoms with Gasteiger partial charge in [-0.15, -0.1) is 11.3 Å². The van der Waals surface area contributed by atoms with Crippen molar-refractivity contribution in [1.29, 1.82) is 0 Å². The van der Waals surface area contributed by atoms with Gasteiger partial charge in [0, 0.05) is 38.0 Å². The van der Waals surface area contributed by atoms with Crippen LogP contribution in [0.3, 0.4) is 0 Å². The predicted octanol–water partition coefficient (Wildman–Crippen LogP) is 2.06. The third-order valence-electron chi connectivity index (χ3n) is 3.00. The van der Waals surface area contributed by atoms with Crippen LogP contribution in [0.25, 0.3) is 10.6 Å². The molecular formula is C14H19N3O2S2. The van der Waals surface area contributed by atoms with Crippen LogP contribution >= 0.6 is 11.3 Å². The molecule has 1 aromatic heterocycles. The third kappa shape index (κ3) is 4.34. The predicted molar refractivity (Wildman–Crippen MR) is 86.6 cm³/mol. The minimum absolute atomic E-state index is 0.345. The zero-order valence-corrected chi connectivity index (χ0v) is 14.0. The van der Waals surface area contributed by atoms with Crippen molar-refractivity contribution in [2.24, 2.45) is 0 Å². The summed E-state index contributed by atoms with van der Waals surface area (Å²) in [5.41, 5.74) is 3.20. The van der Waals surface area contributed by atoms with E-state index in [0.717, 1.165) is 20.6 Å². The van der Waals surface area contributed by atoms with Gasteiger partial charge in [-0.25, -0.2) is 9.71 Å². The van der Waals surface area contributed by atoms with Gasteiger partial charge in [0.25, 0.3) is 10.2 Å². The maximum atomic E-state index is 11.6. The van der Waals surface area contributed by atoms with Gasteiger partial charge in [-0.3, -0.25) is 0 Å². The standard InChI is InChI=1S/C14H19N3O2S2/c1-11-4-6-12(7-5-11)14-16-13(10-20-14)8-9-15-21(18,19)17(2)3/h4-7,10,15H,8-9H2,1-3H3. The van der Waals surface area contributed by atoms with E-state index in [1.54, 1.807) is 11.3 Å². The van der Waals surface area contributed by atoms with Crippen molar-refractivity contribution in [3.8, 4) is 10.6 Å². The molecule has 114 valence electrons. The van der Waals surface area contributed by atoms with E-state index in [0.29, 0.717) is 13.0 Å². The maximum absolute atomic E-state index is 11.6. The molecule has 7 heteroatoms. The fourth-order valence-electron chi connectivity index (χ4n) is 1.69. The molecule has 0 spiro atoms. The first-order valence-corrected chi connectivity index (χ1v) is 8.89. The molecule has 0 saturated heterocycles. The lowest BCUT2D eigenvalue weighted by molar-refractivity contribution is 0.506. The van der Waals surface area contributed by atoms with E-state index in [1.807, 2.05) is 24.4 Å². The summed E-state index contributed by atoms with van der Waals surface area (Å²) in [5.74, 6) is 0. The van der Waals surface area contributed by atoms with E-state index in [1.165, 1.54) is 19.7 Å². The smallest absolute Gasteiger partial charge is 0.241 e. The molecular weight excluding hydrogens is 306 g/mol. The van der Waals surface area contributed by atoms with E-state index < -0.39 is 10.2 Å². The van der Waals surface area contributed by atoms with Crippen molar-refractivity contribution in [2.75, 3.05) is 20.6 Å². The van der Waals surface area contributed by atoms with Gasteiger partial charge < -0.3 is 0 Å². The Morgan fingerprint density at radius 1 is 1.24 bits per heavy atom. The summed E-state index contributed by atoms with van der Waals surface area (Å²) in [7, 11) is -0.358. The maximum Gasteiger partial charge on any atom is 0.278 e. The van der Waals surface area contributed by atoms with E-state index in [4.69, 9.17) is 0 Å². The fourth-order valence-corrected chi connectivity index (χ4v) is 3.17. The monoisotopic (exact) mass is 325 g/mol. The highest BCUT2D eigenvalue weighted by molar-refractivity contribution is 7.87. The number of hydrogen-bond donors (Lipinski definition) is 1. The molecule has 0 atom stereocenters. The zero-order valence-electron chi connectivity index (χ0n) is 12.3. The number of hydrogen-bond acceptors (Lipinski definition) is 4. The Labute approximate surface area is 129 Å². The highest BCUT2D eigenvalue weighted by Crippen LogP contribution is 2.24. The molecule has 0 amide bonds. The van der Waals surface area contributed by atoms with Crippen molar-refractivity contribution in [3.05, 3.63) is 40.9 Å². The molecule has 0 bridgehead atoms. The van der Waals surface area contributed by atoms with E-state index in [2.05, 4.69) is 21.8 Å². The second-order valence-corrected chi connectivity index (χ2v) is 7.77. The molecule has 21 heavy (non-hydrogen) atoms.